The van der Waals surface area contributed by atoms with Gasteiger partial charge in [-0.2, -0.15) is 0 Å². The van der Waals surface area contributed by atoms with Crippen LogP contribution >= 0.6 is 0 Å². The normalized spacial score (nSPS) is 8.55. The number of carbonyl (C=O) groups excluding carboxylic acids is 1. The molecule has 0 heterocycles. The van der Waals surface area contributed by atoms with Crippen molar-refractivity contribution >= 4 is 29.0 Å². The second kappa shape index (κ2) is 10.2. The third kappa shape index (κ3) is 13.3. The van der Waals surface area contributed by atoms with Gasteiger partial charge in [0.2, 0.25) is 0 Å². The van der Waals surface area contributed by atoms with E-state index in [2.05, 4.69) is 6.92 Å². The molecular formula is C8H18MgO2. The van der Waals surface area contributed by atoms with Crippen LogP contribution in [0, 0.1) is 0 Å². The second-order valence-electron chi connectivity index (χ2n) is 2.40. The number of hydrogen-bond donors (Lipinski definition) is 0. The molecule has 0 saturated carbocycles. The molecule has 0 aliphatic rings. The fourth-order valence-corrected chi connectivity index (χ4v) is 0.745. The van der Waals surface area contributed by atoms with Crippen molar-refractivity contribution in [2.24, 2.45) is 0 Å². The van der Waals surface area contributed by atoms with Gasteiger partial charge in [-0.15, -0.1) is 0 Å². The summed E-state index contributed by atoms with van der Waals surface area (Å²) >= 11 is 0. The van der Waals surface area contributed by atoms with Gasteiger partial charge in [0.15, 0.2) is 0 Å². The molecule has 0 N–H and O–H groups in total. The van der Waals surface area contributed by atoms with E-state index in [1.165, 1.54) is 26.2 Å². The Morgan fingerprint density at radius 3 is 2.45 bits per heavy atom. The SMILES string of the molecule is CCCCCCOC(C)=O.[H-].[H-].[Mg+2]. The van der Waals surface area contributed by atoms with Gasteiger partial charge in [0.1, 0.15) is 0 Å². The van der Waals surface area contributed by atoms with Crippen molar-refractivity contribution in [2.75, 3.05) is 6.61 Å². The minimum Gasteiger partial charge on any atom is -1.00 e. The number of hydrogen-bond acceptors (Lipinski definition) is 2. The molecular weight excluding hydrogens is 152 g/mol. The number of esters is 1. The molecule has 3 heteroatoms. The van der Waals surface area contributed by atoms with E-state index in [9.17, 15) is 4.79 Å². The smallest absolute Gasteiger partial charge is 1.00 e. The number of unbranched alkanes of at least 4 members (excludes halogenated alkanes) is 3. The molecule has 2 nitrogen and oxygen atoms in total. The average molecular weight is 171 g/mol. The molecule has 0 unspecified atom stereocenters. The predicted molar refractivity (Wildman–Crippen MR) is 48.8 cm³/mol. The molecule has 0 radical (unpaired) electrons. The van der Waals surface area contributed by atoms with Crippen LogP contribution in [-0.4, -0.2) is 35.6 Å². The summed E-state index contributed by atoms with van der Waals surface area (Å²) < 4.78 is 4.75. The summed E-state index contributed by atoms with van der Waals surface area (Å²) in [6.07, 6.45) is 4.64. The molecule has 0 aromatic carbocycles. The second-order valence-corrected chi connectivity index (χ2v) is 2.40. The zero-order valence-corrected chi connectivity index (χ0v) is 8.97. The fraction of sp³-hybridized carbons (Fsp3) is 0.875. The van der Waals surface area contributed by atoms with Gasteiger partial charge < -0.3 is 7.59 Å². The Morgan fingerprint density at radius 1 is 1.36 bits per heavy atom. The molecule has 11 heavy (non-hydrogen) atoms. The Bertz CT molecular complexity index is 102. The van der Waals surface area contributed by atoms with Crippen LogP contribution in [0.15, 0.2) is 0 Å². The summed E-state index contributed by atoms with van der Waals surface area (Å²) in [6.45, 7) is 4.20. The zero-order chi connectivity index (χ0) is 7.82. The van der Waals surface area contributed by atoms with Gasteiger partial charge in [0, 0.05) is 6.92 Å². The summed E-state index contributed by atoms with van der Waals surface area (Å²) in [5.74, 6) is -0.170. The fourth-order valence-electron chi connectivity index (χ4n) is 0.745. The van der Waals surface area contributed by atoms with Gasteiger partial charge in [-0.05, 0) is 6.42 Å². The molecule has 64 valence electrons. The first kappa shape index (κ1) is 13.8. The first-order valence-electron chi connectivity index (χ1n) is 3.90. The third-order valence-electron chi connectivity index (χ3n) is 1.30. The van der Waals surface area contributed by atoms with E-state index >= 15 is 0 Å². The Balaban J connectivity index is -0.000000135. The first-order chi connectivity index (χ1) is 4.77. The Kier molecular flexibility index (Phi) is 12.8. The maximum Gasteiger partial charge on any atom is 2.00 e. The Hall–Kier alpha value is 0.236. The molecule has 0 aliphatic heterocycles. The molecule has 0 aromatic heterocycles. The van der Waals surface area contributed by atoms with Crippen LogP contribution in [0.25, 0.3) is 0 Å². The van der Waals surface area contributed by atoms with E-state index in [1.807, 2.05) is 0 Å². The number of carbonyl (C=O) groups is 1. The van der Waals surface area contributed by atoms with Crippen LogP contribution in [0.2, 0.25) is 0 Å². The zero-order valence-electron chi connectivity index (χ0n) is 9.56. The van der Waals surface area contributed by atoms with Gasteiger partial charge in [-0.25, -0.2) is 0 Å². The van der Waals surface area contributed by atoms with Crippen molar-refractivity contribution in [3.63, 3.8) is 0 Å². The van der Waals surface area contributed by atoms with Crippen molar-refractivity contribution in [1.29, 1.82) is 0 Å². The van der Waals surface area contributed by atoms with E-state index < -0.39 is 0 Å². The van der Waals surface area contributed by atoms with E-state index in [4.69, 9.17) is 4.74 Å². The minimum absolute atomic E-state index is 0. The molecule has 0 saturated heterocycles. The molecule has 0 amide bonds. The Morgan fingerprint density at radius 2 is 2.00 bits per heavy atom. The van der Waals surface area contributed by atoms with Crippen LogP contribution in [0.5, 0.6) is 0 Å². The molecule has 0 aromatic rings. The van der Waals surface area contributed by atoms with Gasteiger partial charge in [0.05, 0.1) is 6.61 Å². The minimum atomic E-state index is -0.170. The standard InChI is InChI=1S/C8H16O2.Mg.2H/c1-3-4-5-6-7-10-8(2)9;;;/h3-7H2,1-2H3;;;/q;+2;2*-1. The molecule has 0 atom stereocenters. The predicted octanol–water partition coefficient (Wildman–Crippen LogP) is 1.97. The Labute approximate surface area is 87.8 Å². The topological polar surface area (TPSA) is 26.3 Å². The summed E-state index contributed by atoms with van der Waals surface area (Å²) in [6, 6.07) is 0. The van der Waals surface area contributed by atoms with Crippen LogP contribution < -0.4 is 0 Å². The largest absolute Gasteiger partial charge is 2.00 e. The first-order valence-corrected chi connectivity index (χ1v) is 3.90. The molecule has 0 rings (SSSR count). The van der Waals surface area contributed by atoms with Gasteiger partial charge in [0.25, 0.3) is 0 Å². The summed E-state index contributed by atoms with van der Waals surface area (Å²) in [7, 11) is 0. The van der Waals surface area contributed by atoms with Crippen molar-refractivity contribution in [2.45, 2.75) is 39.5 Å². The van der Waals surface area contributed by atoms with Crippen molar-refractivity contribution in [3.05, 3.63) is 0 Å². The van der Waals surface area contributed by atoms with Gasteiger partial charge >= 0.3 is 29.0 Å². The van der Waals surface area contributed by atoms with Crippen LogP contribution in [-0.2, 0) is 9.53 Å². The average Bonchev–Trinajstić information content (AvgIpc) is 1.87. The van der Waals surface area contributed by atoms with Gasteiger partial charge in [-0.3, -0.25) is 4.79 Å². The maximum atomic E-state index is 10.3. The van der Waals surface area contributed by atoms with Gasteiger partial charge in [-0.1, -0.05) is 26.2 Å². The van der Waals surface area contributed by atoms with E-state index in [1.54, 1.807) is 0 Å². The maximum absolute atomic E-state index is 10.3. The number of ether oxygens (including phenoxy) is 1. The summed E-state index contributed by atoms with van der Waals surface area (Å²) in [4.78, 5) is 10.3. The summed E-state index contributed by atoms with van der Waals surface area (Å²) in [5.41, 5.74) is 0. The van der Waals surface area contributed by atoms with Crippen molar-refractivity contribution in [1.82, 2.24) is 0 Å². The van der Waals surface area contributed by atoms with E-state index in [0.29, 0.717) is 6.61 Å². The van der Waals surface area contributed by atoms with Crippen LogP contribution in [0.4, 0.5) is 0 Å². The van der Waals surface area contributed by atoms with Crippen LogP contribution in [0.3, 0.4) is 0 Å². The van der Waals surface area contributed by atoms with E-state index in [-0.39, 0.29) is 31.9 Å². The molecule has 0 fully saturated rings. The quantitative estimate of drug-likeness (QED) is 0.358. The molecule has 0 aliphatic carbocycles. The summed E-state index contributed by atoms with van der Waals surface area (Å²) in [5, 5.41) is 0. The van der Waals surface area contributed by atoms with Crippen LogP contribution in [0.1, 0.15) is 42.4 Å². The van der Waals surface area contributed by atoms with E-state index in [0.717, 1.165) is 6.42 Å². The number of rotatable bonds is 5. The monoisotopic (exact) mass is 170 g/mol. The molecule has 0 spiro atoms. The third-order valence-corrected chi connectivity index (χ3v) is 1.30. The molecule has 0 bridgehead atoms. The van der Waals surface area contributed by atoms with Crippen molar-refractivity contribution < 1.29 is 12.4 Å². The van der Waals surface area contributed by atoms with Crippen molar-refractivity contribution in [3.8, 4) is 0 Å².